The summed E-state index contributed by atoms with van der Waals surface area (Å²) in [4.78, 5) is 17.8. The van der Waals surface area contributed by atoms with Crippen LogP contribution in [-0.4, -0.2) is 21.2 Å². The van der Waals surface area contributed by atoms with Gasteiger partial charge in [0.1, 0.15) is 21.8 Å². The van der Waals surface area contributed by atoms with Gasteiger partial charge in [0.15, 0.2) is 5.82 Å². The summed E-state index contributed by atoms with van der Waals surface area (Å²) in [6.07, 6.45) is 5.32. The summed E-state index contributed by atoms with van der Waals surface area (Å²) in [5, 5.41) is 5.40. The normalized spacial score (nSPS) is 12.3. The molecule has 0 bridgehead atoms. The quantitative estimate of drug-likeness (QED) is 0.287. The smallest absolute Gasteiger partial charge is 0.291 e. The third kappa shape index (κ3) is 4.63. The molecule has 0 unspecified atom stereocenters. The first-order chi connectivity index (χ1) is 16.5. The van der Waals surface area contributed by atoms with Crippen LogP contribution in [0.15, 0.2) is 63.8 Å². The molecule has 0 saturated heterocycles. The predicted octanol–water partition coefficient (Wildman–Crippen LogP) is 5.83. The predicted molar refractivity (Wildman–Crippen MR) is 137 cm³/mol. The Labute approximate surface area is 208 Å². The number of furan rings is 1. The second kappa shape index (κ2) is 9.46. The van der Waals surface area contributed by atoms with E-state index in [2.05, 4.69) is 10.1 Å². The van der Waals surface area contributed by atoms with Gasteiger partial charge in [0.05, 0.1) is 11.6 Å². The molecule has 0 saturated carbocycles. The lowest BCUT2D eigenvalue weighted by Gasteiger charge is -2.01. The van der Waals surface area contributed by atoms with Gasteiger partial charge in [-0.05, 0) is 61.0 Å². The van der Waals surface area contributed by atoms with E-state index in [4.69, 9.17) is 32.4 Å². The lowest BCUT2D eigenvalue weighted by Crippen LogP contribution is -2.23. The zero-order valence-corrected chi connectivity index (χ0v) is 20.2. The lowest BCUT2D eigenvalue weighted by atomic mass is 10.2. The minimum absolute atomic E-state index is 0.257. The maximum absolute atomic E-state index is 12.8. The average molecular weight is 510 g/mol. The fourth-order valence-corrected chi connectivity index (χ4v) is 4.60. The number of hydrogen-bond acceptors (Lipinski definition) is 6. The third-order valence-electron chi connectivity index (χ3n) is 4.91. The maximum Gasteiger partial charge on any atom is 0.291 e. The summed E-state index contributed by atoms with van der Waals surface area (Å²) in [7, 11) is 0. The summed E-state index contributed by atoms with van der Waals surface area (Å²) in [6, 6.07) is 16.4. The zero-order valence-electron chi connectivity index (χ0n) is 17.9. The van der Waals surface area contributed by atoms with Crippen molar-refractivity contribution in [3.8, 4) is 17.1 Å². The number of hydrogen-bond donors (Lipinski definition) is 0. The molecule has 6 nitrogen and oxygen atoms in total. The number of rotatable bonds is 6. The van der Waals surface area contributed by atoms with Gasteiger partial charge >= 0.3 is 0 Å². The molecule has 2 aromatic carbocycles. The van der Waals surface area contributed by atoms with Gasteiger partial charge in [-0.3, -0.25) is 4.79 Å². The van der Waals surface area contributed by atoms with Crippen molar-refractivity contribution < 1.29 is 9.15 Å². The molecule has 5 rings (SSSR count). The average Bonchev–Trinajstić information content (AvgIpc) is 3.53. The molecular weight excluding hydrogens is 493 g/mol. The van der Waals surface area contributed by atoms with Crippen molar-refractivity contribution in [2.75, 3.05) is 6.61 Å². The summed E-state index contributed by atoms with van der Waals surface area (Å²) in [6.45, 7) is 2.57. The Kier molecular flexibility index (Phi) is 6.24. The van der Waals surface area contributed by atoms with E-state index < -0.39 is 0 Å². The molecule has 3 heterocycles. The molecule has 0 atom stereocenters. The van der Waals surface area contributed by atoms with Gasteiger partial charge < -0.3 is 9.15 Å². The van der Waals surface area contributed by atoms with Crippen LogP contribution < -0.4 is 14.8 Å². The van der Waals surface area contributed by atoms with Crippen LogP contribution in [0.3, 0.4) is 0 Å². The Bertz CT molecular complexity index is 1620. The fraction of sp³-hybridized carbons (Fsp3) is 0.0800. The van der Waals surface area contributed by atoms with Gasteiger partial charge in [0.25, 0.3) is 5.56 Å². The number of halogens is 2. The van der Waals surface area contributed by atoms with E-state index in [1.54, 1.807) is 42.5 Å². The van der Waals surface area contributed by atoms with E-state index in [0.717, 1.165) is 11.3 Å². The Morgan fingerprint density at radius 2 is 1.91 bits per heavy atom. The maximum atomic E-state index is 12.8. The highest BCUT2D eigenvalue weighted by atomic mass is 35.5. The number of benzene rings is 2. The van der Waals surface area contributed by atoms with Crippen LogP contribution in [0, 0.1) is 0 Å². The third-order valence-corrected chi connectivity index (χ3v) is 6.43. The molecule has 0 fully saturated rings. The second-order valence-corrected chi connectivity index (χ2v) is 9.09. The summed E-state index contributed by atoms with van der Waals surface area (Å²) in [5.74, 6) is 2.36. The van der Waals surface area contributed by atoms with Crippen molar-refractivity contribution in [2.45, 2.75) is 6.92 Å². The highest BCUT2D eigenvalue weighted by molar-refractivity contribution is 7.15. The van der Waals surface area contributed by atoms with E-state index >= 15 is 0 Å². The van der Waals surface area contributed by atoms with Crippen molar-refractivity contribution >= 4 is 57.7 Å². The second-order valence-electron chi connectivity index (χ2n) is 7.24. The largest absolute Gasteiger partial charge is 0.494 e. The molecule has 9 heteroatoms. The summed E-state index contributed by atoms with van der Waals surface area (Å²) < 4.78 is 13.1. The van der Waals surface area contributed by atoms with Crippen molar-refractivity contribution in [1.82, 2.24) is 14.6 Å². The molecule has 0 aliphatic rings. The molecule has 170 valence electrons. The number of thiazole rings is 1. The van der Waals surface area contributed by atoms with Gasteiger partial charge in [-0.1, -0.05) is 52.7 Å². The van der Waals surface area contributed by atoms with Gasteiger partial charge in [-0.2, -0.15) is 9.50 Å². The Hall–Kier alpha value is -3.39. The summed E-state index contributed by atoms with van der Waals surface area (Å²) in [5.41, 5.74) is 1.40. The van der Waals surface area contributed by atoms with E-state index in [0.29, 0.717) is 49.1 Å². The zero-order chi connectivity index (χ0) is 23.7. The van der Waals surface area contributed by atoms with Crippen molar-refractivity contribution in [3.63, 3.8) is 0 Å². The van der Waals surface area contributed by atoms with Crippen molar-refractivity contribution in [2.24, 2.45) is 0 Å². The highest BCUT2D eigenvalue weighted by Gasteiger charge is 2.12. The number of ether oxygens (including phenoxy) is 1. The van der Waals surface area contributed by atoms with Gasteiger partial charge in [-0.25, -0.2) is 0 Å². The molecule has 5 aromatic rings. The first-order valence-electron chi connectivity index (χ1n) is 10.4. The fourth-order valence-electron chi connectivity index (χ4n) is 3.32. The van der Waals surface area contributed by atoms with Crippen LogP contribution in [0.2, 0.25) is 10.0 Å². The first-order valence-corrected chi connectivity index (χ1v) is 11.9. The SMILES string of the molecule is CCOc1ccc(/C=C/c2nc3s/c(=C\c4ccc(-c5cc(Cl)ccc5Cl)o4)c(=O)n3n2)cc1. The molecule has 0 aliphatic carbocycles. The number of nitrogens with zero attached hydrogens (tertiary/aromatic N) is 3. The van der Waals surface area contributed by atoms with Crippen molar-refractivity contribution in [3.05, 3.63) is 96.7 Å². The van der Waals surface area contributed by atoms with E-state index in [9.17, 15) is 4.79 Å². The van der Waals surface area contributed by atoms with Crippen LogP contribution in [-0.2, 0) is 0 Å². The molecule has 3 aromatic heterocycles. The Balaban J connectivity index is 1.39. The van der Waals surface area contributed by atoms with Crippen LogP contribution in [0.25, 0.3) is 34.5 Å². The van der Waals surface area contributed by atoms with Crippen LogP contribution in [0.1, 0.15) is 24.1 Å². The summed E-state index contributed by atoms with van der Waals surface area (Å²) >= 11 is 13.6. The van der Waals surface area contributed by atoms with E-state index in [1.807, 2.05) is 37.3 Å². The van der Waals surface area contributed by atoms with E-state index in [1.165, 1.54) is 15.9 Å². The molecule has 0 aliphatic heterocycles. The Morgan fingerprint density at radius 1 is 1.09 bits per heavy atom. The minimum Gasteiger partial charge on any atom is -0.494 e. The van der Waals surface area contributed by atoms with Gasteiger partial charge in [0, 0.05) is 16.7 Å². The standard InChI is InChI=1S/C25H17Cl2N3O3S/c1-2-32-17-7-3-15(4-8-17)5-12-23-28-25-30(29-23)24(31)22(34-25)14-18-9-11-21(33-18)19-13-16(26)6-10-20(19)27/h3-14H,2H2,1H3/b12-5+,22-14-. The number of aromatic nitrogens is 3. The molecule has 0 radical (unpaired) electrons. The first kappa shape index (κ1) is 22.4. The van der Waals surface area contributed by atoms with Gasteiger partial charge in [-0.15, -0.1) is 5.10 Å². The molecule has 34 heavy (non-hydrogen) atoms. The number of fused-ring (bicyclic) bond motifs is 1. The molecular formula is C25H17Cl2N3O3S. The topological polar surface area (TPSA) is 69.6 Å². The molecule has 0 amide bonds. The van der Waals surface area contributed by atoms with Gasteiger partial charge in [0.2, 0.25) is 4.96 Å². The van der Waals surface area contributed by atoms with E-state index in [-0.39, 0.29) is 5.56 Å². The molecule has 0 N–H and O–H groups in total. The van der Waals surface area contributed by atoms with Crippen LogP contribution in [0.5, 0.6) is 5.75 Å². The van der Waals surface area contributed by atoms with Crippen LogP contribution >= 0.6 is 34.5 Å². The molecule has 0 spiro atoms. The van der Waals surface area contributed by atoms with Crippen molar-refractivity contribution in [1.29, 1.82) is 0 Å². The van der Waals surface area contributed by atoms with Crippen LogP contribution in [0.4, 0.5) is 0 Å². The monoisotopic (exact) mass is 509 g/mol. The highest BCUT2D eigenvalue weighted by Crippen LogP contribution is 2.32. The lowest BCUT2D eigenvalue weighted by molar-refractivity contribution is 0.340. The Morgan fingerprint density at radius 3 is 2.68 bits per heavy atom. The minimum atomic E-state index is -0.257.